The number of esters is 1. The van der Waals surface area contributed by atoms with Crippen LogP contribution < -0.4 is 5.32 Å². The van der Waals surface area contributed by atoms with Crippen LogP contribution >= 0.6 is 0 Å². The minimum Gasteiger partial charge on any atom is -0.449 e. The van der Waals surface area contributed by atoms with Crippen LogP contribution in [-0.4, -0.2) is 18.0 Å². The summed E-state index contributed by atoms with van der Waals surface area (Å²) in [5, 5.41) is 2.85. The molecule has 1 atom stereocenters. The fraction of sp³-hybridized carbons (Fsp3) is 0.273. The molecule has 4 nitrogen and oxygen atoms in total. The molecule has 2 aromatic rings. The summed E-state index contributed by atoms with van der Waals surface area (Å²) < 4.78 is 5.20. The summed E-state index contributed by atoms with van der Waals surface area (Å²) in [5.74, 6) is -0.900. The molecule has 0 aliphatic rings. The van der Waals surface area contributed by atoms with Crippen molar-refractivity contribution in [3.63, 3.8) is 0 Å². The topological polar surface area (TPSA) is 55.4 Å². The lowest BCUT2D eigenvalue weighted by Gasteiger charge is -2.16. The first-order valence-electron chi connectivity index (χ1n) is 8.60. The number of aryl methyl sites for hydroxylation is 4. The Bertz CT molecular complexity index is 812. The lowest BCUT2D eigenvalue weighted by atomic mass is 10.0. The molecule has 1 amide bonds. The molecule has 2 aromatic carbocycles. The van der Waals surface area contributed by atoms with Gasteiger partial charge in [0.25, 0.3) is 5.91 Å². The molecule has 1 N–H and O–H groups in total. The van der Waals surface area contributed by atoms with E-state index in [4.69, 9.17) is 4.74 Å². The highest BCUT2D eigenvalue weighted by molar-refractivity contribution is 5.97. The van der Waals surface area contributed by atoms with Gasteiger partial charge in [-0.15, -0.1) is 0 Å². The lowest BCUT2D eigenvalue weighted by Crippen LogP contribution is -2.30. The van der Waals surface area contributed by atoms with Crippen LogP contribution in [0.3, 0.4) is 0 Å². The molecule has 0 radical (unpaired) electrons. The predicted molar refractivity (Wildman–Crippen MR) is 105 cm³/mol. The normalized spacial score (nSPS) is 12.0. The number of hydrogen-bond donors (Lipinski definition) is 1. The number of ether oxygens (including phenoxy) is 1. The molecule has 0 saturated carbocycles. The summed E-state index contributed by atoms with van der Waals surface area (Å²) in [6, 6.07) is 11.8. The quantitative estimate of drug-likeness (QED) is 0.637. The van der Waals surface area contributed by atoms with Crippen molar-refractivity contribution in [1.29, 1.82) is 0 Å². The molecule has 0 heterocycles. The van der Waals surface area contributed by atoms with Crippen LogP contribution in [0.1, 0.15) is 34.7 Å². The van der Waals surface area contributed by atoms with Crippen molar-refractivity contribution in [2.24, 2.45) is 0 Å². The predicted octanol–water partition coefficient (Wildman–Crippen LogP) is 4.50. The van der Waals surface area contributed by atoms with E-state index in [-0.39, 0.29) is 5.91 Å². The van der Waals surface area contributed by atoms with Crippen LogP contribution in [0.5, 0.6) is 0 Å². The van der Waals surface area contributed by atoms with Gasteiger partial charge in [-0.05, 0) is 57.4 Å². The minimum atomic E-state index is -0.884. The van der Waals surface area contributed by atoms with Crippen molar-refractivity contribution >= 4 is 23.6 Å². The van der Waals surface area contributed by atoms with Gasteiger partial charge in [-0.2, -0.15) is 0 Å². The molecular formula is C22H25NO3. The van der Waals surface area contributed by atoms with E-state index in [1.165, 1.54) is 6.08 Å². The summed E-state index contributed by atoms with van der Waals surface area (Å²) in [5.41, 5.74) is 5.91. The number of amides is 1. The van der Waals surface area contributed by atoms with Gasteiger partial charge in [0.15, 0.2) is 6.10 Å². The molecule has 0 bridgehead atoms. The van der Waals surface area contributed by atoms with Crippen molar-refractivity contribution in [2.45, 2.75) is 40.7 Å². The fourth-order valence-electron chi connectivity index (χ4n) is 2.71. The molecule has 0 saturated heterocycles. The maximum atomic E-state index is 12.3. The Morgan fingerprint density at radius 2 is 1.54 bits per heavy atom. The first-order chi connectivity index (χ1) is 12.3. The van der Waals surface area contributed by atoms with E-state index >= 15 is 0 Å². The standard InChI is InChI=1S/C22H25NO3/c1-14-6-8-19(9-7-14)10-11-20(24)26-18(5)22(25)23-21-16(3)12-15(2)13-17(21)4/h6-13,18H,1-5H3,(H,23,25)/b11-10+/t18-/m1/s1. The highest BCUT2D eigenvalue weighted by Crippen LogP contribution is 2.22. The highest BCUT2D eigenvalue weighted by Gasteiger charge is 2.18. The number of rotatable bonds is 5. The first kappa shape index (κ1) is 19.4. The van der Waals surface area contributed by atoms with Crippen molar-refractivity contribution in [2.75, 3.05) is 5.32 Å². The Morgan fingerprint density at radius 3 is 2.12 bits per heavy atom. The van der Waals surface area contributed by atoms with Crippen molar-refractivity contribution in [1.82, 2.24) is 0 Å². The van der Waals surface area contributed by atoms with E-state index in [2.05, 4.69) is 5.32 Å². The zero-order valence-corrected chi connectivity index (χ0v) is 15.9. The molecule has 4 heteroatoms. The van der Waals surface area contributed by atoms with Gasteiger partial charge in [-0.1, -0.05) is 47.5 Å². The summed E-state index contributed by atoms with van der Waals surface area (Å²) in [6.07, 6.45) is 2.11. The van der Waals surface area contributed by atoms with E-state index in [9.17, 15) is 9.59 Å². The second-order valence-corrected chi connectivity index (χ2v) is 6.59. The average Bonchev–Trinajstić information content (AvgIpc) is 2.57. The van der Waals surface area contributed by atoms with E-state index in [1.807, 2.05) is 64.1 Å². The molecule has 0 aliphatic carbocycles. The van der Waals surface area contributed by atoms with Crippen LogP contribution in [-0.2, 0) is 14.3 Å². The Kier molecular flexibility index (Phi) is 6.34. The second-order valence-electron chi connectivity index (χ2n) is 6.59. The van der Waals surface area contributed by atoms with Crippen molar-refractivity contribution < 1.29 is 14.3 Å². The third kappa shape index (κ3) is 5.31. The van der Waals surface area contributed by atoms with Crippen LogP contribution in [0.2, 0.25) is 0 Å². The summed E-state index contributed by atoms with van der Waals surface area (Å²) in [6.45, 7) is 9.45. The molecule has 0 aromatic heterocycles. The molecule has 0 aliphatic heterocycles. The van der Waals surface area contributed by atoms with Crippen molar-refractivity contribution in [3.05, 3.63) is 70.3 Å². The molecule has 136 valence electrons. The molecule has 2 rings (SSSR count). The van der Waals surface area contributed by atoms with E-state index in [1.54, 1.807) is 13.0 Å². The van der Waals surface area contributed by atoms with Gasteiger partial charge in [0.2, 0.25) is 0 Å². The van der Waals surface area contributed by atoms with Crippen LogP contribution in [0.25, 0.3) is 6.08 Å². The zero-order valence-electron chi connectivity index (χ0n) is 15.9. The number of hydrogen-bond acceptors (Lipinski definition) is 3. The van der Waals surface area contributed by atoms with Crippen LogP contribution in [0.15, 0.2) is 42.5 Å². The van der Waals surface area contributed by atoms with Crippen molar-refractivity contribution in [3.8, 4) is 0 Å². The maximum absolute atomic E-state index is 12.3. The summed E-state index contributed by atoms with van der Waals surface area (Å²) in [7, 11) is 0. The minimum absolute atomic E-state index is 0.350. The number of nitrogens with one attached hydrogen (secondary N) is 1. The molecule has 0 fully saturated rings. The highest BCUT2D eigenvalue weighted by atomic mass is 16.5. The number of anilines is 1. The fourth-order valence-corrected chi connectivity index (χ4v) is 2.71. The lowest BCUT2D eigenvalue weighted by molar-refractivity contribution is -0.148. The Morgan fingerprint density at radius 1 is 0.962 bits per heavy atom. The molecular weight excluding hydrogens is 326 g/mol. The van der Waals surface area contributed by atoms with E-state index < -0.39 is 12.1 Å². The largest absolute Gasteiger partial charge is 0.449 e. The zero-order chi connectivity index (χ0) is 19.3. The van der Waals surface area contributed by atoms with Gasteiger partial charge < -0.3 is 10.1 Å². The van der Waals surface area contributed by atoms with Gasteiger partial charge in [0, 0.05) is 11.8 Å². The monoisotopic (exact) mass is 351 g/mol. The van der Waals surface area contributed by atoms with Gasteiger partial charge in [-0.25, -0.2) is 4.79 Å². The number of benzene rings is 2. The molecule has 26 heavy (non-hydrogen) atoms. The van der Waals surface area contributed by atoms with Gasteiger partial charge in [0.05, 0.1) is 0 Å². The third-order valence-electron chi connectivity index (χ3n) is 4.08. The average molecular weight is 351 g/mol. The Balaban J connectivity index is 1.96. The van der Waals surface area contributed by atoms with Gasteiger partial charge in [-0.3, -0.25) is 4.79 Å². The summed E-state index contributed by atoms with van der Waals surface area (Å²) >= 11 is 0. The maximum Gasteiger partial charge on any atom is 0.331 e. The van der Waals surface area contributed by atoms with Gasteiger partial charge in [0.1, 0.15) is 0 Å². The molecule has 0 unspecified atom stereocenters. The SMILES string of the molecule is Cc1ccc(/C=C/C(=O)O[C@H](C)C(=O)Nc2c(C)cc(C)cc2C)cc1. The second kappa shape index (κ2) is 8.48. The summed E-state index contributed by atoms with van der Waals surface area (Å²) in [4.78, 5) is 24.3. The Hall–Kier alpha value is -2.88. The van der Waals surface area contributed by atoms with Gasteiger partial charge >= 0.3 is 5.97 Å². The van der Waals surface area contributed by atoms with Crippen LogP contribution in [0.4, 0.5) is 5.69 Å². The van der Waals surface area contributed by atoms with Crippen LogP contribution in [0, 0.1) is 27.7 Å². The number of carbonyl (C=O) groups is 2. The van der Waals surface area contributed by atoms with E-state index in [0.29, 0.717) is 0 Å². The Labute approximate surface area is 154 Å². The first-order valence-corrected chi connectivity index (χ1v) is 8.60. The molecule has 0 spiro atoms. The smallest absolute Gasteiger partial charge is 0.331 e. The third-order valence-corrected chi connectivity index (χ3v) is 4.08. The van der Waals surface area contributed by atoms with E-state index in [0.717, 1.165) is 33.5 Å². The number of carbonyl (C=O) groups excluding carboxylic acids is 2.